The van der Waals surface area contributed by atoms with Crippen molar-refractivity contribution in [3.8, 4) is 11.1 Å². The Bertz CT molecular complexity index is 1100. The number of halogens is 1. The molecule has 0 aliphatic carbocycles. The van der Waals surface area contributed by atoms with Crippen molar-refractivity contribution in [2.75, 3.05) is 20.1 Å². The molecule has 1 heterocycles. The summed E-state index contributed by atoms with van der Waals surface area (Å²) in [6.07, 6.45) is 3.48. The number of aliphatic carboxylic acids is 2. The van der Waals surface area contributed by atoms with Gasteiger partial charge in [0, 0.05) is 12.2 Å². The molecule has 1 saturated heterocycles. The Labute approximate surface area is 186 Å². The highest BCUT2D eigenvalue weighted by molar-refractivity contribution is 5.98. The Hall–Kier alpha value is -3.51. The van der Waals surface area contributed by atoms with Crippen LogP contribution in [0.15, 0.2) is 72.8 Å². The zero-order valence-electron chi connectivity index (χ0n) is 17.9. The van der Waals surface area contributed by atoms with Crippen LogP contribution in [0.5, 0.6) is 0 Å². The third-order valence-electron chi connectivity index (χ3n) is 5.62. The maximum Gasteiger partial charge on any atom is 0.328 e. The third kappa shape index (κ3) is 6.02. The van der Waals surface area contributed by atoms with Gasteiger partial charge in [-0.15, -0.1) is 0 Å². The molecule has 3 aromatic carbocycles. The van der Waals surface area contributed by atoms with Crippen molar-refractivity contribution in [2.24, 2.45) is 0 Å². The van der Waals surface area contributed by atoms with E-state index in [9.17, 15) is 14.0 Å². The van der Waals surface area contributed by atoms with Crippen LogP contribution in [0, 0.1) is 5.82 Å². The van der Waals surface area contributed by atoms with Gasteiger partial charge in [0.2, 0.25) is 0 Å². The van der Waals surface area contributed by atoms with E-state index in [1.54, 1.807) is 12.1 Å². The van der Waals surface area contributed by atoms with Crippen LogP contribution in [-0.4, -0.2) is 47.2 Å². The summed E-state index contributed by atoms with van der Waals surface area (Å²) < 4.78 is 13.4. The van der Waals surface area contributed by atoms with Gasteiger partial charge in [0.1, 0.15) is 5.82 Å². The summed E-state index contributed by atoms with van der Waals surface area (Å²) in [5, 5.41) is 18.1. The molecule has 6 heteroatoms. The summed E-state index contributed by atoms with van der Waals surface area (Å²) in [7, 11) is 2.19. The van der Waals surface area contributed by atoms with Gasteiger partial charge < -0.3 is 15.1 Å². The van der Waals surface area contributed by atoms with Crippen LogP contribution in [0.1, 0.15) is 24.3 Å². The number of fused-ring (bicyclic) bond motifs is 1. The van der Waals surface area contributed by atoms with Crippen molar-refractivity contribution in [3.05, 3.63) is 84.2 Å². The molecule has 3 aromatic rings. The first-order valence-corrected chi connectivity index (χ1v) is 10.4. The number of nitrogens with zero attached hydrogens (tertiary/aromatic N) is 1. The fourth-order valence-corrected chi connectivity index (χ4v) is 4.03. The lowest BCUT2D eigenvalue weighted by atomic mass is 9.82. The number of hydrogen-bond acceptors (Lipinski definition) is 3. The van der Waals surface area contributed by atoms with Crippen molar-refractivity contribution in [1.29, 1.82) is 0 Å². The van der Waals surface area contributed by atoms with E-state index in [2.05, 4.69) is 48.3 Å². The molecule has 0 bridgehead atoms. The molecule has 2 N–H and O–H groups in total. The smallest absolute Gasteiger partial charge is 0.328 e. The molecular formula is C26H26FNO4. The maximum absolute atomic E-state index is 13.4. The number of carbonyl (C=O) groups is 2. The Kier molecular flexibility index (Phi) is 7.73. The largest absolute Gasteiger partial charge is 0.478 e. The van der Waals surface area contributed by atoms with Crippen LogP contribution in [0.3, 0.4) is 0 Å². The summed E-state index contributed by atoms with van der Waals surface area (Å²) in [6.45, 7) is 2.28. The SMILES string of the molecule is CN1CCC(c2ccc3ccccc3c2-c2ccc(F)cc2)CC1.O=C(O)/C=C/C(=O)O. The normalized spacial score (nSPS) is 14.8. The Morgan fingerprint density at radius 2 is 1.50 bits per heavy atom. The van der Waals surface area contributed by atoms with Crippen molar-refractivity contribution < 1.29 is 24.2 Å². The maximum atomic E-state index is 13.4. The van der Waals surface area contributed by atoms with E-state index >= 15 is 0 Å². The molecule has 0 unspecified atom stereocenters. The van der Waals surface area contributed by atoms with Gasteiger partial charge in [-0.25, -0.2) is 14.0 Å². The van der Waals surface area contributed by atoms with Gasteiger partial charge in [-0.05, 0) is 78.5 Å². The Balaban J connectivity index is 0.000000312. The summed E-state index contributed by atoms with van der Waals surface area (Å²) >= 11 is 0. The van der Waals surface area contributed by atoms with E-state index in [4.69, 9.17) is 10.2 Å². The van der Waals surface area contributed by atoms with Gasteiger partial charge in [-0.1, -0.05) is 48.5 Å². The molecule has 0 amide bonds. The van der Waals surface area contributed by atoms with Crippen molar-refractivity contribution in [1.82, 2.24) is 4.90 Å². The van der Waals surface area contributed by atoms with Crippen LogP contribution in [0.25, 0.3) is 21.9 Å². The molecule has 0 aromatic heterocycles. The molecule has 0 spiro atoms. The minimum atomic E-state index is -1.26. The number of piperidine rings is 1. The predicted molar refractivity (Wildman–Crippen MR) is 123 cm³/mol. The predicted octanol–water partition coefficient (Wildman–Crippen LogP) is 5.17. The molecular weight excluding hydrogens is 409 g/mol. The first-order valence-electron chi connectivity index (χ1n) is 10.4. The highest BCUT2D eigenvalue weighted by Gasteiger charge is 2.22. The van der Waals surface area contributed by atoms with Crippen LogP contribution >= 0.6 is 0 Å². The second kappa shape index (κ2) is 10.7. The van der Waals surface area contributed by atoms with Crippen LogP contribution in [0.4, 0.5) is 4.39 Å². The van der Waals surface area contributed by atoms with E-state index in [-0.39, 0.29) is 5.82 Å². The number of hydrogen-bond donors (Lipinski definition) is 2. The summed E-state index contributed by atoms with van der Waals surface area (Å²) in [6, 6.07) is 20.0. The average Bonchev–Trinajstić information content (AvgIpc) is 2.79. The highest BCUT2D eigenvalue weighted by atomic mass is 19.1. The van der Waals surface area contributed by atoms with Crippen LogP contribution < -0.4 is 0 Å². The van der Waals surface area contributed by atoms with E-state index in [1.165, 1.54) is 34.7 Å². The fourth-order valence-electron chi connectivity index (χ4n) is 4.03. The summed E-state index contributed by atoms with van der Waals surface area (Å²) in [5.41, 5.74) is 3.80. The zero-order valence-corrected chi connectivity index (χ0v) is 17.9. The van der Waals surface area contributed by atoms with Crippen LogP contribution in [0.2, 0.25) is 0 Å². The van der Waals surface area contributed by atoms with Crippen molar-refractivity contribution in [3.63, 3.8) is 0 Å². The number of carboxylic acid groups (broad SMARTS) is 2. The molecule has 166 valence electrons. The quantitative estimate of drug-likeness (QED) is 0.553. The van der Waals surface area contributed by atoms with Crippen LogP contribution in [-0.2, 0) is 9.59 Å². The van der Waals surface area contributed by atoms with Crippen molar-refractivity contribution in [2.45, 2.75) is 18.8 Å². The molecule has 0 saturated carbocycles. The third-order valence-corrected chi connectivity index (χ3v) is 5.62. The Morgan fingerprint density at radius 3 is 2.09 bits per heavy atom. The van der Waals surface area contributed by atoms with E-state index in [0.29, 0.717) is 18.1 Å². The van der Waals surface area contributed by atoms with E-state index in [0.717, 1.165) is 18.7 Å². The average molecular weight is 435 g/mol. The Morgan fingerprint density at radius 1 is 0.906 bits per heavy atom. The van der Waals surface area contributed by atoms with Gasteiger partial charge in [-0.2, -0.15) is 0 Å². The van der Waals surface area contributed by atoms with Gasteiger partial charge in [0.05, 0.1) is 0 Å². The van der Waals surface area contributed by atoms with Gasteiger partial charge in [0.25, 0.3) is 0 Å². The molecule has 1 fully saturated rings. The molecule has 4 rings (SSSR count). The topological polar surface area (TPSA) is 77.8 Å². The second-order valence-corrected chi connectivity index (χ2v) is 7.85. The fraction of sp³-hybridized carbons (Fsp3) is 0.231. The first-order chi connectivity index (χ1) is 15.3. The number of rotatable bonds is 4. The molecule has 1 aliphatic heterocycles. The molecule has 0 atom stereocenters. The highest BCUT2D eigenvalue weighted by Crippen LogP contribution is 2.39. The summed E-state index contributed by atoms with van der Waals surface area (Å²) in [4.78, 5) is 21.5. The second-order valence-electron chi connectivity index (χ2n) is 7.85. The lowest BCUT2D eigenvalue weighted by molar-refractivity contribution is -0.134. The standard InChI is InChI=1S/C22H22FN.C4H4O4/c1-24-14-12-17(13-15-24)21-11-8-16-4-2-3-5-20(16)22(21)18-6-9-19(23)10-7-18;5-3(6)1-2-4(7)8/h2-11,17H,12-15H2,1H3;1-2H,(H,5,6)(H,7,8)/b;2-1+. The number of likely N-dealkylation sites (tertiary alicyclic amines) is 1. The van der Waals surface area contributed by atoms with E-state index < -0.39 is 11.9 Å². The number of carboxylic acids is 2. The minimum absolute atomic E-state index is 0.181. The molecule has 5 nitrogen and oxygen atoms in total. The lowest BCUT2D eigenvalue weighted by Gasteiger charge is -2.31. The van der Waals surface area contributed by atoms with Gasteiger partial charge in [0.15, 0.2) is 0 Å². The lowest BCUT2D eigenvalue weighted by Crippen LogP contribution is -2.29. The number of benzene rings is 3. The van der Waals surface area contributed by atoms with Gasteiger partial charge >= 0.3 is 11.9 Å². The zero-order chi connectivity index (χ0) is 23.1. The van der Waals surface area contributed by atoms with E-state index in [1.807, 2.05) is 12.1 Å². The minimum Gasteiger partial charge on any atom is -0.478 e. The van der Waals surface area contributed by atoms with Gasteiger partial charge in [-0.3, -0.25) is 0 Å². The molecule has 0 radical (unpaired) electrons. The molecule has 32 heavy (non-hydrogen) atoms. The monoisotopic (exact) mass is 435 g/mol. The first kappa shape index (κ1) is 23.2. The van der Waals surface area contributed by atoms with Crippen molar-refractivity contribution >= 4 is 22.7 Å². The molecule has 1 aliphatic rings. The summed E-state index contributed by atoms with van der Waals surface area (Å²) in [5.74, 6) is -2.12.